The van der Waals surface area contributed by atoms with Crippen LogP contribution in [0.15, 0.2) is 47.3 Å². The summed E-state index contributed by atoms with van der Waals surface area (Å²) in [5.41, 5.74) is 9.76. The van der Waals surface area contributed by atoms with Crippen LogP contribution in [0.3, 0.4) is 0 Å². The molecule has 1 aromatic carbocycles. The summed E-state index contributed by atoms with van der Waals surface area (Å²) in [6, 6.07) is 9.61. The smallest absolute Gasteiger partial charge is 0.129 e. The van der Waals surface area contributed by atoms with Crippen LogP contribution in [-0.2, 0) is 7.05 Å². The molecule has 3 aromatic rings. The highest BCUT2D eigenvalue weighted by Crippen LogP contribution is 2.36. The second kappa shape index (κ2) is 4.77. The first-order chi connectivity index (χ1) is 9.70. The standard InChI is InChI=1S/C15H15N3O2/c1-18-15(16)13(10-3-5-12(19-2)6-4-10)14(17-18)11-7-8-20-9-11/h3-9H,16H2,1-2H3. The Morgan fingerprint density at radius 2 is 1.90 bits per heavy atom. The molecule has 0 atom stereocenters. The largest absolute Gasteiger partial charge is 0.497 e. The molecule has 0 spiro atoms. The number of aromatic nitrogens is 2. The molecular formula is C15H15N3O2. The van der Waals surface area contributed by atoms with Gasteiger partial charge in [-0.05, 0) is 23.8 Å². The second-order valence-corrected chi connectivity index (χ2v) is 4.47. The van der Waals surface area contributed by atoms with Crippen molar-refractivity contribution in [3.63, 3.8) is 0 Å². The van der Waals surface area contributed by atoms with Crippen molar-refractivity contribution in [2.45, 2.75) is 0 Å². The number of benzene rings is 1. The fourth-order valence-electron chi connectivity index (χ4n) is 2.18. The Morgan fingerprint density at radius 1 is 1.15 bits per heavy atom. The molecule has 2 N–H and O–H groups in total. The molecule has 0 aliphatic heterocycles. The topological polar surface area (TPSA) is 66.2 Å². The number of hydrogen-bond acceptors (Lipinski definition) is 4. The van der Waals surface area contributed by atoms with Gasteiger partial charge in [0.2, 0.25) is 0 Å². The Balaban J connectivity index is 2.16. The van der Waals surface area contributed by atoms with Crippen molar-refractivity contribution in [1.29, 1.82) is 0 Å². The molecule has 0 fully saturated rings. The van der Waals surface area contributed by atoms with Gasteiger partial charge in [-0.25, -0.2) is 0 Å². The fourth-order valence-corrected chi connectivity index (χ4v) is 2.18. The molecule has 3 rings (SSSR count). The highest BCUT2D eigenvalue weighted by Gasteiger charge is 2.18. The summed E-state index contributed by atoms with van der Waals surface area (Å²) in [5, 5.41) is 4.47. The zero-order valence-corrected chi connectivity index (χ0v) is 11.3. The minimum atomic E-state index is 0.617. The maximum atomic E-state index is 6.15. The third-order valence-electron chi connectivity index (χ3n) is 3.26. The Hall–Kier alpha value is -2.69. The van der Waals surface area contributed by atoms with Gasteiger partial charge in [-0.1, -0.05) is 12.1 Å². The van der Waals surface area contributed by atoms with E-state index in [4.69, 9.17) is 14.9 Å². The summed E-state index contributed by atoms with van der Waals surface area (Å²) in [6.07, 6.45) is 3.28. The van der Waals surface area contributed by atoms with Gasteiger partial charge >= 0.3 is 0 Å². The first-order valence-electron chi connectivity index (χ1n) is 6.20. The van der Waals surface area contributed by atoms with Crippen LogP contribution < -0.4 is 10.5 Å². The predicted molar refractivity (Wildman–Crippen MR) is 77.3 cm³/mol. The quantitative estimate of drug-likeness (QED) is 0.793. The highest BCUT2D eigenvalue weighted by atomic mass is 16.5. The third-order valence-corrected chi connectivity index (χ3v) is 3.26. The van der Waals surface area contributed by atoms with Crippen LogP contribution in [-0.4, -0.2) is 16.9 Å². The average molecular weight is 269 g/mol. The number of anilines is 1. The zero-order valence-electron chi connectivity index (χ0n) is 11.3. The molecular weight excluding hydrogens is 254 g/mol. The SMILES string of the molecule is COc1ccc(-c2c(-c3ccoc3)nn(C)c2N)cc1. The van der Waals surface area contributed by atoms with Crippen LogP contribution in [0.5, 0.6) is 5.75 Å². The number of nitrogens with zero attached hydrogens (tertiary/aromatic N) is 2. The molecule has 0 amide bonds. The number of nitrogens with two attached hydrogens (primary N) is 1. The molecule has 20 heavy (non-hydrogen) atoms. The van der Waals surface area contributed by atoms with Gasteiger partial charge in [0.1, 0.15) is 17.3 Å². The van der Waals surface area contributed by atoms with E-state index in [1.54, 1.807) is 24.3 Å². The zero-order chi connectivity index (χ0) is 14.1. The lowest BCUT2D eigenvalue weighted by molar-refractivity contribution is 0.415. The maximum absolute atomic E-state index is 6.15. The number of rotatable bonds is 3. The number of methoxy groups -OCH3 is 1. The lowest BCUT2D eigenvalue weighted by atomic mass is 10.0. The van der Waals surface area contributed by atoms with Gasteiger partial charge < -0.3 is 14.9 Å². The van der Waals surface area contributed by atoms with Gasteiger partial charge in [0.25, 0.3) is 0 Å². The summed E-state index contributed by atoms with van der Waals surface area (Å²) in [7, 11) is 3.47. The Kier molecular flexibility index (Phi) is 2.95. The van der Waals surface area contributed by atoms with Gasteiger partial charge in [-0.3, -0.25) is 4.68 Å². The lowest BCUT2D eigenvalue weighted by Crippen LogP contribution is -1.98. The molecule has 0 saturated carbocycles. The van der Waals surface area contributed by atoms with E-state index in [-0.39, 0.29) is 0 Å². The molecule has 0 bridgehead atoms. The fraction of sp³-hybridized carbons (Fsp3) is 0.133. The van der Waals surface area contributed by atoms with Crippen molar-refractivity contribution in [2.24, 2.45) is 7.05 Å². The summed E-state index contributed by atoms with van der Waals surface area (Å²) in [6.45, 7) is 0. The summed E-state index contributed by atoms with van der Waals surface area (Å²) < 4.78 is 12.0. The predicted octanol–water partition coefficient (Wildman–Crippen LogP) is 2.94. The Bertz CT molecular complexity index is 712. The van der Waals surface area contributed by atoms with Crippen LogP contribution in [0.1, 0.15) is 0 Å². The lowest BCUT2D eigenvalue weighted by Gasteiger charge is -2.05. The highest BCUT2D eigenvalue weighted by molar-refractivity contribution is 5.87. The third kappa shape index (κ3) is 1.93. The van der Waals surface area contributed by atoms with Crippen LogP contribution in [0.4, 0.5) is 5.82 Å². The van der Waals surface area contributed by atoms with E-state index in [0.717, 1.165) is 28.1 Å². The number of aryl methyl sites for hydroxylation is 1. The molecule has 0 unspecified atom stereocenters. The van der Waals surface area contributed by atoms with E-state index in [1.807, 2.05) is 37.4 Å². The summed E-state index contributed by atoms with van der Waals surface area (Å²) >= 11 is 0. The molecule has 2 aromatic heterocycles. The minimum absolute atomic E-state index is 0.617. The van der Waals surface area contributed by atoms with Crippen molar-refractivity contribution in [3.05, 3.63) is 42.9 Å². The van der Waals surface area contributed by atoms with Gasteiger partial charge in [-0.2, -0.15) is 5.10 Å². The van der Waals surface area contributed by atoms with Gasteiger partial charge in [0, 0.05) is 12.6 Å². The van der Waals surface area contributed by atoms with E-state index >= 15 is 0 Å². The molecule has 5 heteroatoms. The maximum Gasteiger partial charge on any atom is 0.129 e. The number of nitrogen functional groups attached to an aromatic ring is 1. The average Bonchev–Trinajstić information content (AvgIpc) is 3.09. The van der Waals surface area contributed by atoms with Crippen LogP contribution in [0.25, 0.3) is 22.4 Å². The number of furan rings is 1. The van der Waals surface area contributed by atoms with E-state index < -0.39 is 0 Å². The molecule has 0 aliphatic carbocycles. The normalized spacial score (nSPS) is 10.7. The summed E-state index contributed by atoms with van der Waals surface area (Å²) in [5.74, 6) is 1.42. The first-order valence-corrected chi connectivity index (χ1v) is 6.20. The van der Waals surface area contributed by atoms with Crippen molar-refractivity contribution >= 4 is 5.82 Å². The van der Waals surface area contributed by atoms with Gasteiger partial charge in [0.15, 0.2) is 0 Å². The number of hydrogen-bond donors (Lipinski definition) is 1. The molecule has 2 heterocycles. The first kappa shape index (κ1) is 12.3. The van der Waals surface area contributed by atoms with Crippen molar-refractivity contribution < 1.29 is 9.15 Å². The van der Waals surface area contributed by atoms with Crippen LogP contribution in [0.2, 0.25) is 0 Å². The molecule has 5 nitrogen and oxygen atoms in total. The van der Waals surface area contributed by atoms with Crippen molar-refractivity contribution in [1.82, 2.24) is 9.78 Å². The van der Waals surface area contributed by atoms with Crippen molar-refractivity contribution in [3.8, 4) is 28.1 Å². The molecule has 0 radical (unpaired) electrons. The van der Waals surface area contributed by atoms with Gasteiger partial charge in [0.05, 0.1) is 25.2 Å². The van der Waals surface area contributed by atoms with Crippen LogP contribution in [0, 0.1) is 0 Å². The molecule has 102 valence electrons. The van der Waals surface area contributed by atoms with E-state index in [2.05, 4.69) is 5.10 Å². The van der Waals surface area contributed by atoms with Gasteiger partial charge in [-0.15, -0.1) is 0 Å². The van der Waals surface area contributed by atoms with E-state index in [1.165, 1.54) is 0 Å². The van der Waals surface area contributed by atoms with Crippen LogP contribution >= 0.6 is 0 Å². The monoisotopic (exact) mass is 269 g/mol. The Labute approximate surface area is 116 Å². The second-order valence-electron chi connectivity index (χ2n) is 4.47. The molecule has 0 aliphatic rings. The summed E-state index contributed by atoms with van der Waals surface area (Å²) in [4.78, 5) is 0. The minimum Gasteiger partial charge on any atom is -0.497 e. The van der Waals surface area contributed by atoms with E-state index in [9.17, 15) is 0 Å². The molecule has 0 saturated heterocycles. The Morgan fingerprint density at radius 3 is 2.50 bits per heavy atom. The van der Waals surface area contributed by atoms with E-state index in [0.29, 0.717) is 5.82 Å². The van der Waals surface area contributed by atoms with Crippen molar-refractivity contribution in [2.75, 3.05) is 12.8 Å². The number of ether oxygens (including phenoxy) is 1.